The molecular weight excluding hydrogens is 1070 g/mol. The van der Waals surface area contributed by atoms with Crippen molar-refractivity contribution < 1.29 is 0 Å². The summed E-state index contributed by atoms with van der Waals surface area (Å²) in [4.78, 5) is 0. The number of rotatable bonds is 6. The minimum absolute atomic E-state index is 1.23. The van der Waals surface area contributed by atoms with E-state index in [-0.39, 0.29) is 0 Å². The molecule has 0 amide bonds. The highest BCUT2D eigenvalue weighted by atomic mass is 32.1. The molecule has 0 bridgehead atoms. The molecule has 0 spiro atoms. The molecule has 18 aromatic rings. The van der Waals surface area contributed by atoms with E-state index >= 15 is 0 Å². The molecule has 16 aromatic carbocycles. The number of benzene rings is 16. The molecule has 0 atom stereocenters. The van der Waals surface area contributed by atoms with Crippen molar-refractivity contribution in [2.45, 2.75) is 0 Å². The average molecular weight is 1130 g/mol. The summed E-state index contributed by atoms with van der Waals surface area (Å²) in [5.74, 6) is 0. The summed E-state index contributed by atoms with van der Waals surface area (Å²) in [5, 5.41) is 21.1. The van der Waals surface area contributed by atoms with Crippen molar-refractivity contribution in [2.24, 2.45) is 0 Å². The fraction of sp³-hybridized carbons (Fsp3) is 0. The first kappa shape index (κ1) is 50.1. The van der Waals surface area contributed by atoms with Crippen LogP contribution < -0.4 is 0 Å². The maximum atomic E-state index is 2.37. The Morgan fingerprint density at radius 3 is 0.895 bits per heavy atom. The summed E-state index contributed by atoms with van der Waals surface area (Å²) in [7, 11) is 0. The van der Waals surface area contributed by atoms with E-state index in [4.69, 9.17) is 0 Å². The third-order valence-corrected chi connectivity index (χ3v) is 20.0. The SMILES string of the molecule is c1cc(-c2ccc(-c3ccc4c5ccccc5c5ccccc5c4c3)cc2)cc(-c2ccc3c(c2)sc2ccccc23)c1.c1cc(-c2ccc(-c3ccc4c5ccccc5c5ccccc5c4c3)cc2)cc(-c2cccc3sc4ccccc4c23)c1. The van der Waals surface area contributed by atoms with E-state index in [1.165, 1.54) is 172 Å². The lowest BCUT2D eigenvalue weighted by Crippen LogP contribution is -1.86. The van der Waals surface area contributed by atoms with Crippen LogP contribution in [0.3, 0.4) is 0 Å². The molecule has 0 fully saturated rings. The monoisotopic (exact) mass is 1120 g/mol. The zero-order valence-corrected chi connectivity index (χ0v) is 48.5. The van der Waals surface area contributed by atoms with Gasteiger partial charge in [0.1, 0.15) is 0 Å². The Balaban J connectivity index is 0.000000134. The molecule has 0 aliphatic rings. The van der Waals surface area contributed by atoms with Gasteiger partial charge in [0.15, 0.2) is 0 Å². The highest BCUT2D eigenvalue weighted by Gasteiger charge is 2.15. The van der Waals surface area contributed by atoms with Gasteiger partial charge in [-0.3, -0.25) is 0 Å². The molecule has 18 rings (SSSR count). The molecular formula is C84H52S2. The first-order chi connectivity index (χ1) is 42.6. The first-order valence-corrected chi connectivity index (χ1v) is 31.2. The van der Waals surface area contributed by atoms with Crippen molar-refractivity contribution in [3.05, 3.63) is 315 Å². The topological polar surface area (TPSA) is 0 Å². The van der Waals surface area contributed by atoms with Gasteiger partial charge in [0.25, 0.3) is 0 Å². The quantitative estimate of drug-likeness (QED) is 0.146. The van der Waals surface area contributed by atoms with Gasteiger partial charge in [-0.25, -0.2) is 0 Å². The van der Waals surface area contributed by atoms with E-state index in [0.29, 0.717) is 0 Å². The van der Waals surface area contributed by atoms with Gasteiger partial charge in [-0.1, -0.05) is 267 Å². The van der Waals surface area contributed by atoms with Crippen LogP contribution in [0.4, 0.5) is 0 Å². The van der Waals surface area contributed by atoms with Gasteiger partial charge in [-0.05, 0) is 180 Å². The largest absolute Gasteiger partial charge is 0.135 e. The van der Waals surface area contributed by atoms with Crippen LogP contribution in [0.2, 0.25) is 0 Å². The Morgan fingerprint density at radius 1 is 0.140 bits per heavy atom. The Kier molecular flexibility index (Phi) is 12.0. The number of fused-ring (bicyclic) bond motifs is 18. The summed E-state index contributed by atoms with van der Waals surface area (Å²) < 4.78 is 5.36. The Morgan fingerprint density at radius 2 is 0.419 bits per heavy atom. The van der Waals surface area contributed by atoms with Crippen LogP contribution >= 0.6 is 22.7 Å². The van der Waals surface area contributed by atoms with Gasteiger partial charge < -0.3 is 0 Å². The molecule has 2 heteroatoms. The maximum absolute atomic E-state index is 2.37. The lowest BCUT2D eigenvalue weighted by atomic mass is 9.91. The Hall–Kier alpha value is -10.5. The molecule has 0 unspecified atom stereocenters. The van der Waals surface area contributed by atoms with Crippen LogP contribution in [0.15, 0.2) is 315 Å². The van der Waals surface area contributed by atoms with Gasteiger partial charge >= 0.3 is 0 Å². The number of thiophene rings is 2. The fourth-order valence-corrected chi connectivity index (χ4v) is 15.8. The van der Waals surface area contributed by atoms with Gasteiger partial charge in [0, 0.05) is 40.3 Å². The van der Waals surface area contributed by atoms with Crippen molar-refractivity contribution in [1.29, 1.82) is 0 Å². The summed E-state index contributed by atoms with van der Waals surface area (Å²) >= 11 is 3.74. The molecule has 0 aliphatic heterocycles. The second-order valence-corrected chi connectivity index (χ2v) is 24.8. The van der Waals surface area contributed by atoms with Crippen LogP contribution in [0.5, 0.6) is 0 Å². The molecule has 0 radical (unpaired) electrons. The first-order valence-electron chi connectivity index (χ1n) is 29.5. The van der Waals surface area contributed by atoms with Crippen molar-refractivity contribution >= 4 is 128 Å². The highest BCUT2D eigenvalue weighted by Crippen LogP contribution is 2.44. The van der Waals surface area contributed by atoms with Crippen LogP contribution in [-0.4, -0.2) is 0 Å². The standard InChI is InChI=1S/2C42H26S/c1-2-13-35-33(11-1)34-12-3-4-14-36(34)39-26-30(23-24-37(35)39)28-21-19-27(20-22-28)29-9-7-10-31(25-29)32-16-8-18-41-42(32)38-15-5-6-17-40(38)43-41;1-2-12-35-33(10-1)34-11-3-4-13-36(34)40-25-31(20-22-37(35)40)28-18-16-27(17-19-28)29-8-7-9-30(24-29)32-21-23-39-38-14-5-6-15-41(38)43-42(39)26-32/h2*1-26H. The summed E-state index contributed by atoms with van der Waals surface area (Å²) in [6, 6.07) is 116. The minimum Gasteiger partial charge on any atom is -0.135 e. The molecule has 2 aromatic heterocycles. The van der Waals surface area contributed by atoms with Crippen molar-refractivity contribution in [1.82, 2.24) is 0 Å². The Labute approximate surface area is 506 Å². The van der Waals surface area contributed by atoms with Gasteiger partial charge in [0.05, 0.1) is 0 Å². The third kappa shape index (κ3) is 8.56. The number of hydrogen-bond acceptors (Lipinski definition) is 2. The maximum Gasteiger partial charge on any atom is 0.0361 e. The van der Waals surface area contributed by atoms with Crippen molar-refractivity contribution in [3.63, 3.8) is 0 Å². The van der Waals surface area contributed by atoms with E-state index in [0.717, 1.165) is 0 Å². The predicted octanol–water partition coefficient (Wildman–Crippen LogP) is 25.0. The van der Waals surface area contributed by atoms with E-state index in [1.807, 2.05) is 22.7 Å². The molecule has 2 heterocycles. The zero-order chi connectivity index (χ0) is 56.7. The van der Waals surface area contributed by atoms with Crippen LogP contribution in [0.1, 0.15) is 0 Å². The molecule has 400 valence electrons. The van der Waals surface area contributed by atoms with Gasteiger partial charge in [-0.15, -0.1) is 22.7 Å². The second-order valence-electron chi connectivity index (χ2n) is 22.6. The van der Waals surface area contributed by atoms with Gasteiger partial charge in [-0.2, -0.15) is 0 Å². The van der Waals surface area contributed by atoms with E-state index < -0.39 is 0 Å². The van der Waals surface area contributed by atoms with E-state index in [1.54, 1.807) is 0 Å². The third-order valence-electron chi connectivity index (χ3n) is 17.7. The molecule has 0 aliphatic carbocycles. The molecule has 0 saturated heterocycles. The van der Waals surface area contributed by atoms with Crippen LogP contribution in [0.25, 0.3) is 172 Å². The normalized spacial score (nSPS) is 11.7. The number of hydrogen-bond donors (Lipinski definition) is 0. The van der Waals surface area contributed by atoms with E-state index in [2.05, 4.69) is 315 Å². The molecule has 0 N–H and O–H groups in total. The highest BCUT2D eigenvalue weighted by molar-refractivity contribution is 7.26. The molecule has 0 nitrogen and oxygen atoms in total. The average Bonchev–Trinajstić information content (AvgIpc) is 1.55. The van der Waals surface area contributed by atoms with E-state index in [9.17, 15) is 0 Å². The van der Waals surface area contributed by atoms with Crippen LogP contribution in [0, 0.1) is 0 Å². The fourth-order valence-electron chi connectivity index (χ4n) is 13.5. The minimum atomic E-state index is 1.23. The summed E-state index contributed by atoms with van der Waals surface area (Å²) in [5.41, 5.74) is 14.9. The lowest BCUT2D eigenvalue weighted by molar-refractivity contribution is 1.59. The zero-order valence-electron chi connectivity index (χ0n) is 46.8. The van der Waals surface area contributed by atoms with Gasteiger partial charge in [0.2, 0.25) is 0 Å². The van der Waals surface area contributed by atoms with Crippen LogP contribution in [-0.2, 0) is 0 Å². The smallest absolute Gasteiger partial charge is 0.0361 e. The van der Waals surface area contributed by atoms with Crippen molar-refractivity contribution in [3.8, 4) is 66.8 Å². The molecule has 0 saturated carbocycles. The predicted molar refractivity (Wildman–Crippen MR) is 376 cm³/mol. The lowest BCUT2D eigenvalue weighted by Gasteiger charge is -2.12. The Bertz CT molecular complexity index is 5630. The summed E-state index contributed by atoms with van der Waals surface area (Å²) in [6.07, 6.45) is 0. The summed E-state index contributed by atoms with van der Waals surface area (Å²) in [6.45, 7) is 0. The second kappa shape index (κ2) is 20.7. The van der Waals surface area contributed by atoms with Crippen molar-refractivity contribution in [2.75, 3.05) is 0 Å². The molecule has 86 heavy (non-hydrogen) atoms.